The van der Waals surface area contributed by atoms with Crippen LogP contribution in [0.4, 0.5) is 0 Å². The predicted molar refractivity (Wildman–Crippen MR) is 106 cm³/mol. The van der Waals surface area contributed by atoms with E-state index in [2.05, 4.69) is 15.0 Å². The largest absolute Gasteiger partial charge is 0.476 e. The number of H-pyrrole nitrogens is 1. The third-order valence-electron chi connectivity index (χ3n) is 4.43. The lowest BCUT2D eigenvalue weighted by atomic mass is 10.1. The predicted octanol–water partition coefficient (Wildman–Crippen LogP) is 3.53. The van der Waals surface area contributed by atoms with Gasteiger partial charge in [-0.25, -0.2) is 4.98 Å². The Morgan fingerprint density at radius 2 is 1.78 bits per heavy atom. The molecule has 0 fully saturated rings. The van der Waals surface area contributed by atoms with Gasteiger partial charge in [0.15, 0.2) is 12.1 Å². The second-order valence-electron chi connectivity index (χ2n) is 6.60. The fourth-order valence-corrected chi connectivity index (χ4v) is 3.06. The van der Waals surface area contributed by atoms with Gasteiger partial charge in [0, 0.05) is 17.4 Å². The molecule has 0 radical (unpaired) electrons. The summed E-state index contributed by atoms with van der Waals surface area (Å²) in [5, 5.41) is 1.71. The van der Waals surface area contributed by atoms with E-state index >= 15 is 0 Å². The van der Waals surface area contributed by atoms with Gasteiger partial charge in [0.25, 0.3) is 0 Å². The van der Waals surface area contributed by atoms with Crippen LogP contribution in [-0.4, -0.2) is 53.4 Å². The fraction of sp³-hybridized carbons (Fsp3) is 0.190. The van der Waals surface area contributed by atoms with Crippen LogP contribution in [0.5, 0.6) is 5.88 Å². The first-order valence-electron chi connectivity index (χ1n) is 8.78. The van der Waals surface area contributed by atoms with Crippen LogP contribution in [-0.2, 0) is 0 Å². The molecule has 0 aliphatic heterocycles. The number of aldehydes is 1. The number of hydrogen-bond donors (Lipinski definition) is 1. The minimum Gasteiger partial charge on any atom is -0.476 e. The molecule has 6 heteroatoms. The van der Waals surface area contributed by atoms with E-state index in [0.717, 1.165) is 34.6 Å². The van der Waals surface area contributed by atoms with Crippen molar-refractivity contribution in [2.24, 2.45) is 0 Å². The highest BCUT2D eigenvalue weighted by Gasteiger charge is 2.17. The maximum atomic E-state index is 11.8. The summed E-state index contributed by atoms with van der Waals surface area (Å²) < 4.78 is 5.94. The highest BCUT2D eigenvalue weighted by molar-refractivity contribution is 6.04. The third-order valence-corrected chi connectivity index (χ3v) is 4.43. The van der Waals surface area contributed by atoms with Crippen LogP contribution in [0.1, 0.15) is 10.4 Å². The molecule has 136 valence electrons. The van der Waals surface area contributed by atoms with Crippen molar-refractivity contribution in [1.82, 2.24) is 19.9 Å². The highest BCUT2D eigenvalue weighted by Crippen LogP contribution is 2.30. The molecule has 0 spiro atoms. The number of fused-ring (bicyclic) bond motifs is 2. The molecule has 0 saturated carbocycles. The van der Waals surface area contributed by atoms with Crippen LogP contribution in [0.15, 0.2) is 48.5 Å². The monoisotopic (exact) mass is 360 g/mol. The lowest BCUT2D eigenvalue weighted by Gasteiger charge is -2.12. The van der Waals surface area contributed by atoms with Gasteiger partial charge in [0.05, 0.1) is 22.2 Å². The molecule has 1 N–H and O–H groups in total. The van der Waals surface area contributed by atoms with Crippen molar-refractivity contribution in [3.8, 4) is 17.4 Å². The van der Waals surface area contributed by atoms with Crippen LogP contribution < -0.4 is 4.74 Å². The molecule has 0 aliphatic carbocycles. The summed E-state index contributed by atoms with van der Waals surface area (Å²) >= 11 is 0. The second-order valence-corrected chi connectivity index (χ2v) is 6.60. The number of aromatic amines is 1. The van der Waals surface area contributed by atoms with Crippen molar-refractivity contribution >= 4 is 28.1 Å². The summed E-state index contributed by atoms with van der Waals surface area (Å²) in [7, 11) is 3.99. The molecular weight excluding hydrogens is 340 g/mol. The Bertz CT molecular complexity index is 1120. The molecular formula is C21H20N4O2. The first-order valence-corrected chi connectivity index (χ1v) is 8.78. The summed E-state index contributed by atoms with van der Waals surface area (Å²) in [6, 6.07) is 15.4. The Kier molecular flexibility index (Phi) is 4.56. The zero-order valence-electron chi connectivity index (χ0n) is 15.3. The summed E-state index contributed by atoms with van der Waals surface area (Å²) in [6.07, 6.45) is 0.847. The average Bonchev–Trinajstić information content (AvgIpc) is 3.06. The third kappa shape index (κ3) is 3.27. The first kappa shape index (κ1) is 17.2. The second kappa shape index (κ2) is 7.17. The molecule has 6 nitrogen and oxygen atoms in total. The summed E-state index contributed by atoms with van der Waals surface area (Å²) in [4.78, 5) is 26.4. The lowest BCUT2D eigenvalue weighted by Crippen LogP contribution is -2.19. The number of carbonyl (C=O) groups excluding carboxylic acids is 1. The zero-order valence-corrected chi connectivity index (χ0v) is 15.3. The number of likely N-dealkylation sites (N-methyl/N-ethyl adjacent to an activating group) is 1. The number of nitrogens with one attached hydrogen (secondary N) is 1. The van der Waals surface area contributed by atoms with Gasteiger partial charge in [0.2, 0.25) is 5.88 Å². The van der Waals surface area contributed by atoms with Crippen LogP contribution >= 0.6 is 0 Å². The van der Waals surface area contributed by atoms with E-state index in [0.29, 0.717) is 29.6 Å². The molecule has 0 aliphatic rings. The number of nitrogens with zero attached hydrogens (tertiary/aromatic N) is 3. The number of rotatable bonds is 6. The van der Waals surface area contributed by atoms with E-state index in [1.165, 1.54) is 0 Å². The molecule has 27 heavy (non-hydrogen) atoms. The van der Waals surface area contributed by atoms with Gasteiger partial charge in [-0.2, -0.15) is 4.98 Å². The van der Waals surface area contributed by atoms with Gasteiger partial charge >= 0.3 is 0 Å². The Hall–Kier alpha value is -3.25. The molecule has 4 rings (SSSR count). The van der Waals surface area contributed by atoms with Gasteiger partial charge in [-0.15, -0.1) is 0 Å². The van der Waals surface area contributed by atoms with Crippen molar-refractivity contribution in [2.75, 3.05) is 27.2 Å². The molecule has 4 aromatic rings. The van der Waals surface area contributed by atoms with Crippen molar-refractivity contribution in [2.45, 2.75) is 0 Å². The molecule has 2 aromatic heterocycles. The van der Waals surface area contributed by atoms with E-state index < -0.39 is 0 Å². The smallest absolute Gasteiger partial charge is 0.225 e. The standard InChI is InChI=1S/C21H20N4O2/c1-25(2)11-12-27-21-15-8-4-6-10-18(15)23-20(24-21)19-16(13-26)14-7-3-5-9-17(14)22-19/h3-10,13,22H,11-12H2,1-2H3. The van der Waals surface area contributed by atoms with Crippen molar-refractivity contribution in [3.05, 3.63) is 54.1 Å². The van der Waals surface area contributed by atoms with Crippen LogP contribution in [0.3, 0.4) is 0 Å². The molecule has 2 heterocycles. The lowest BCUT2D eigenvalue weighted by molar-refractivity contribution is 0.112. The van der Waals surface area contributed by atoms with E-state index in [-0.39, 0.29) is 0 Å². The average molecular weight is 360 g/mol. The minimum atomic E-state index is 0.451. The normalized spacial score (nSPS) is 11.4. The van der Waals surface area contributed by atoms with E-state index in [1.807, 2.05) is 67.5 Å². The number of benzene rings is 2. The van der Waals surface area contributed by atoms with Crippen molar-refractivity contribution in [3.63, 3.8) is 0 Å². The molecule has 0 amide bonds. The van der Waals surface area contributed by atoms with Gasteiger partial charge in [0.1, 0.15) is 6.61 Å². The van der Waals surface area contributed by atoms with Crippen LogP contribution in [0.25, 0.3) is 33.3 Å². The zero-order chi connectivity index (χ0) is 18.8. The topological polar surface area (TPSA) is 71.1 Å². The summed E-state index contributed by atoms with van der Waals surface area (Å²) in [5.41, 5.74) is 2.81. The molecule has 2 aromatic carbocycles. The SMILES string of the molecule is CN(C)CCOc1nc(-c2[nH]c3ccccc3c2C=O)nc2ccccc12. The quantitative estimate of drug-likeness (QED) is 0.533. The molecule has 0 atom stereocenters. The maximum Gasteiger partial charge on any atom is 0.225 e. The molecule has 0 bridgehead atoms. The summed E-state index contributed by atoms with van der Waals surface area (Å²) in [6.45, 7) is 1.29. The van der Waals surface area contributed by atoms with Crippen molar-refractivity contribution in [1.29, 1.82) is 0 Å². The van der Waals surface area contributed by atoms with Gasteiger partial charge in [-0.1, -0.05) is 30.3 Å². The Balaban J connectivity index is 1.86. The number of ether oxygens (including phenoxy) is 1. The number of para-hydroxylation sites is 2. The van der Waals surface area contributed by atoms with Gasteiger partial charge in [-0.05, 0) is 32.3 Å². The van der Waals surface area contributed by atoms with E-state index in [4.69, 9.17) is 4.74 Å². The van der Waals surface area contributed by atoms with Crippen LogP contribution in [0, 0.1) is 0 Å². The number of carbonyl (C=O) groups is 1. The fourth-order valence-electron chi connectivity index (χ4n) is 3.06. The Labute approximate surface area is 156 Å². The summed E-state index contributed by atoms with van der Waals surface area (Å²) in [5.74, 6) is 0.972. The first-order chi connectivity index (χ1) is 13.2. The molecule has 0 unspecified atom stereocenters. The minimum absolute atomic E-state index is 0.451. The Morgan fingerprint density at radius 3 is 2.56 bits per heavy atom. The van der Waals surface area contributed by atoms with Gasteiger partial charge in [-0.3, -0.25) is 4.79 Å². The van der Waals surface area contributed by atoms with Crippen LogP contribution in [0.2, 0.25) is 0 Å². The van der Waals surface area contributed by atoms with Crippen molar-refractivity contribution < 1.29 is 9.53 Å². The number of hydrogen-bond acceptors (Lipinski definition) is 5. The van der Waals surface area contributed by atoms with Gasteiger partial charge < -0.3 is 14.6 Å². The highest BCUT2D eigenvalue weighted by atomic mass is 16.5. The maximum absolute atomic E-state index is 11.8. The van der Waals surface area contributed by atoms with E-state index in [1.54, 1.807) is 0 Å². The molecule has 0 saturated heterocycles. The number of aromatic nitrogens is 3. The Morgan fingerprint density at radius 1 is 1.04 bits per heavy atom. The van der Waals surface area contributed by atoms with E-state index in [9.17, 15) is 4.79 Å².